The van der Waals surface area contributed by atoms with Crippen molar-refractivity contribution in [3.8, 4) is 11.1 Å². The van der Waals surface area contributed by atoms with Crippen LogP contribution >= 0.6 is 11.3 Å². The summed E-state index contributed by atoms with van der Waals surface area (Å²) < 4.78 is 1.15. The fourth-order valence-corrected chi connectivity index (χ4v) is 2.90. The summed E-state index contributed by atoms with van der Waals surface area (Å²) in [7, 11) is 0. The topological polar surface area (TPSA) is 64.9 Å². The molecular formula is C13H11N3S. The molecule has 0 aliphatic heterocycles. The van der Waals surface area contributed by atoms with Crippen LogP contribution in [0.2, 0.25) is 0 Å². The van der Waals surface area contributed by atoms with Crippen LogP contribution in [0.25, 0.3) is 21.2 Å². The second-order valence-electron chi connectivity index (χ2n) is 3.84. The Labute approximate surface area is 103 Å². The number of fused-ring (bicyclic) bond motifs is 1. The highest BCUT2D eigenvalue weighted by atomic mass is 32.1. The van der Waals surface area contributed by atoms with Gasteiger partial charge in [-0.25, -0.2) is 4.98 Å². The molecule has 4 N–H and O–H groups in total. The number of nitrogens with two attached hydrogens (primary N) is 2. The number of nitrogens with zero attached hydrogens (tertiary/aromatic N) is 1. The van der Waals surface area contributed by atoms with Crippen molar-refractivity contribution in [3.05, 3.63) is 41.9 Å². The van der Waals surface area contributed by atoms with Crippen molar-refractivity contribution >= 4 is 32.9 Å². The van der Waals surface area contributed by atoms with Gasteiger partial charge in [-0.3, -0.25) is 0 Å². The van der Waals surface area contributed by atoms with Crippen molar-refractivity contribution in [2.24, 2.45) is 0 Å². The zero-order chi connectivity index (χ0) is 11.8. The van der Waals surface area contributed by atoms with Crippen molar-refractivity contribution in [1.29, 1.82) is 0 Å². The molecule has 0 bridgehead atoms. The molecule has 2 heterocycles. The zero-order valence-corrected chi connectivity index (χ0v) is 9.87. The van der Waals surface area contributed by atoms with Gasteiger partial charge in [-0.15, -0.1) is 11.3 Å². The maximum absolute atomic E-state index is 5.94. The summed E-state index contributed by atoms with van der Waals surface area (Å²) in [5.74, 6) is 0.571. The number of benzene rings is 1. The van der Waals surface area contributed by atoms with Gasteiger partial charge in [-0.2, -0.15) is 0 Å². The average molecular weight is 241 g/mol. The highest BCUT2D eigenvalue weighted by Gasteiger charge is 2.09. The standard InChI is InChI=1S/C13H11N3S/c14-9-3-1-2-8(6-9)10-7-17-11-4-5-16-13(15)12(10)11/h1-7H,14H2,(H2,15,16). The molecule has 0 saturated carbocycles. The van der Waals surface area contributed by atoms with E-state index < -0.39 is 0 Å². The van der Waals surface area contributed by atoms with E-state index >= 15 is 0 Å². The molecule has 4 heteroatoms. The molecular weight excluding hydrogens is 230 g/mol. The summed E-state index contributed by atoms with van der Waals surface area (Å²) in [4.78, 5) is 4.14. The van der Waals surface area contributed by atoms with Crippen LogP contribution in [0.5, 0.6) is 0 Å². The van der Waals surface area contributed by atoms with E-state index in [1.54, 1.807) is 17.5 Å². The maximum atomic E-state index is 5.94. The van der Waals surface area contributed by atoms with E-state index in [4.69, 9.17) is 11.5 Å². The van der Waals surface area contributed by atoms with Crippen LogP contribution in [-0.2, 0) is 0 Å². The highest BCUT2D eigenvalue weighted by Crippen LogP contribution is 2.36. The molecule has 84 valence electrons. The van der Waals surface area contributed by atoms with Crippen LogP contribution in [0.15, 0.2) is 41.9 Å². The van der Waals surface area contributed by atoms with Crippen molar-refractivity contribution < 1.29 is 0 Å². The monoisotopic (exact) mass is 241 g/mol. The molecule has 0 amide bonds. The number of hydrogen-bond donors (Lipinski definition) is 2. The summed E-state index contributed by atoms with van der Waals surface area (Å²) in [6, 6.07) is 9.78. The number of hydrogen-bond acceptors (Lipinski definition) is 4. The van der Waals surface area contributed by atoms with Crippen LogP contribution in [0.4, 0.5) is 11.5 Å². The molecule has 2 aromatic heterocycles. The quantitative estimate of drug-likeness (QED) is 0.643. The highest BCUT2D eigenvalue weighted by molar-refractivity contribution is 7.17. The Hall–Kier alpha value is -2.07. The smallest absolute Gasteiger partial charge is 0.132 e. The molecule has 0 aliphatic rings. The molecule has 0 atom stereocenters. The van der Waals surface area contributed by atoms with Crippen molar-refractivity contribution in [1.82, 2.24) is 4.98 Å². The molecule has 0 aliphatic carbocycles. The molecule has 0 unspecified atom stereocenters. The Morgan fingerprint density at radius 1 is 1.12 bits per heavy atom. The number of nitrogen functional groups attached to an aromatic ring is 2. The van der Waals surface area contributed by atoms with Crippen LogP contribution in [-0.4, -0.2) is 4.98 Å². The molecule has 0 radical (unpaired) electrons. The largest absolute Gasteiger partial charge is 0.399 e. The lowest BCUT2D eigenvalue weighted by Gasteiger charge is -2.02. The fraction of sp³-hybridized carbons (Fsp3) is 0. The van der Waals surface area contributed by atoms with Gasteiger partial charge in [-0.05, 0) is 29.1 Å². The molecule has 3 nitrogen and oxygen atoms in total. The molecule has 17 heavy (non-hydrogen) atoms. The molecule has 0 saturated heterocycles. The second kappa shape index (κ2) is 3.75. The fourth-order valence-electron chi connectivity index (χ4n) is 1.93. The Morgan fingerprint density at radius 3 is 2.82 bits per heavy atom. The Bertz CT molecular complexity index is 688. The van der Waals surface area contributed by atoms with E-state index in [1.165, 1.54) is 0 Å². The summed E-state index contributed by atoms with van der Waals surface area (Å²) in [5, 5.41) is 3.11. The summed E-state index contributed by atoms with van der Waals surface area (Å²) >= 11 is 1.67. The third-order valence-electron chi connectivity index (χ3n) is 2.71. The van der Waals surface area contributed by atoms with Crippen LogP contribution in [0.3, 0.4) is 0 Å². The van der Waals surface area contributed by atoms with E-state index in [9.17, 15) is 0 Å². The van der Waals surface area contributed by atoms with Crippen LogP contribution in [0.1, 0.15) is 0 Å². The summed E-state index contributed by atoms with van der Waals surface area (Å²) in [6.07, 6.45) is 1.73. The van der Waals surface area contributed by atoms with Gasteiger partial charge in [-0.1, -0.05) is 12.1 Å². The first-order chi connectivity index (χ1) is 8.25. The third-order valence-corrected chi connectivity index (χ3v) is 3.66. The lowest BCUT2D eigenvalue weighted by molar-refractivity contribution is 1.38. The van der Waals surface area contributed by atoms with Gasteiger partial charge in [0.2, 0.25) is 0 Å². The molecule has 0 fully saturated rings. The minimum absolute atomic E-state index is 0.571. The lowest BCUT2D eigenvalue weighted by Crippen LogP contribution is -1.90. The number of anilines is 2. The minimum Gasteiger partial charge on any atom is -0.399 e. The Kier molecular flexibility index (Phi) is 2.23. The minimum atomic E-state index is 0.571. The predicted octanol–water partition coefficient (Wildman–Crippen LogP) is 3.13. The Morgan fingerprint density at radius 2 is 2.00 bits per heavy atom. The number of pyridine rings is 1. The number of rotatable bonds is 1. The van der Waals surface area contributed by atoms with Gasteiger partial charge in [0.1, 0.15) is 5.82 Å². The normalized spacial score (nSPS) is 10.8. The first-order valence-electron chi connectivity index (χ1n) is 5.23. The van der Waals surface area contributed by atoms with Gasteiger partial charge in [0.05, 0.1) is 0 Å². The number of aromatic nitrogens is 1. The lowest BCUT2D eigenvalue weighted by atomic mass is 10.0. The van der Waals surface area contributed by atoms with E-state index in [-0.39, 0.29) is 0 Å². The van der Waals surface area contributed by atoms with Crippen LogP contribution in [0, 0.1) is 0 Å². The van der Waals surface area contributed by atoms with E-state index in [0.717, 1.165) is 26.9 Å². The zero-order valence-electron chi connectivity index (χ0n) is 9.05. The molecule has 1 aromatic carbocycles. The van der Waals surface area contributed by atoms with Crippen molar-refractivity contribution in [2.75, 3.05) is 11.5 Å². The SMILES string of the molecule is Nc1cccc(-c2csc3ccnc(N)c23)c1. The molecule has 3 rings (SSSR count). The van der Waals surface area contributed by atoms with E-state index in [1.807, 2.05) is 30.3 Å². The first-order valence-corrected chi connectivity index (χ1v) is 6.11. The number of thiophene rings is 1. The first kappa shape index (κ1) is 10.1. The average Bonchev–Trinajstić information content (AvgIpc) is 2.74. The maximum Gasteiger partial charge on any atom is 0.132 e. The van der Waals surface area contributed by atoms with Gasteiger partial charge in [0.25, 0.3) is 0 Å². The molecule has 0 spiro atoms. The van der Waals surface area contributed by atoms with E-state index in [2.05, 4.69) is 10.4 Å². The second-order valence-corrected chi connectivity index (χ2v) is 4.76. The van der Waals surface area contributed by atoms with Crippen molar-refractivity contribution in [3.63, 3.8) is 0 Å². The Balaban J connectivity index is 2.31. The van der Waals surface area contributed by atoms with Gasteiger partial charge >= 0.3 is 0 Å². The summed E-state index contributed by atoms with van der Waals surface area (Å²) in [5.41, 5.74) is 14.7. The van der Waals surface area contributed by atoms with Crippen LogP contribution < -0.4 is 11.5 Å². The van der Waals surface area contributed by atoms with E-state index in [0.29, 0.717) is 5.82 Å². The molecule has 3 aromatic rings. The van der Waals surface area contributed by atoms with Gasteiger partial charge in [0.15, 0.2) is 0 Å². The van der Waals surface area contributed by atoms with Gasteiger partial charge in [0, 0.05) is 27.5 Å². The summed E-state index contributed by atoms with van der Waals surface area (Å²) in [6.45, 7) is 0. The van der Waals surface area contributed by atoms with Gasteiger partial charge < -0.3 is 11.5 Å². The van der Waals surface area contributed by atoms with Crippen molar-refractivity contribution in [2.45, 2.75) is 0 Å². The third kappa shape index (κ3) is 1.62. The predicted molar refractivity (Wildman–Crippen MR) is 73.9 cm³/mol.